The Morgan fingerprint density at radius 1 is 0.547 bits per heavy atom. The summed E-state index contributed by atoms with van der Waals surface area (Å²) in [4.78, 5) is 10.5. The van der Waals surface area contributed by atoms with Crippen molar-refractivity contribution in [3.8, 4) is 11.1 Å². The van der Waals surface area contributed by atoms with E-state index in [0.29, 0.717) is 11.8 Å². The molecule has 53 heavy (non-hydrogen) atoms. The Balaban J connectivity index is 1.13. The summed E-state index contributed by atoms with van der Waals surface area (Å²) in [6.07, 6.45) is 13.2. The summed E-state index contributed by atoms with van der Waals surface area (Å²) in [5.74, 6) is 2.26. The molecule has 1 aromatic heterocycles. The van der Waals surface area contributed by atoms with Crippen molar-refractivity contribution in [3.05, 3.63) is 198 Å². The van der Waals surface area contributed by atoms with E-state index < -0.39 is 6.17 Å². The Kier molecular flexibility index (Phi) is 6.71. The van der Waals surface area contributed by atoms with Crippen molar-refractivity contribution in [2.24, 2.45) is 15.9 Å². The quantitative estimate of drug-likeness (QED) is 0.201. The smallest absolute Gasteiger partial charge is 0.169 e. The Bertz CT molecular complexity index is 2940. The topological polar surface area (TPSA) is 49.9 Å². The first-order valence-electron chi connectivity index (χ1n) is 18.3. The van der Waals surface area contributed by atoms with E-state index in [1.807, 2.05) is 24.3 Å². The fourth-order valence-corrected chi connectivity index (χ4v) is 8.53. The molecular weight excluding hydrogens is 647 g/mol. The number of furan rings is 1. The zero-order chi connectivity index (χ0) is 34.9. The largest absolute Gasteiger partial charge is 0.455 e. The molecule has 0 saturated carbocycles. The first-order valence-corrected chi connectivity index (χ1v) is 18.3. The Morgan fingerprint density at radius 2 is 1.32 bits per heavy atom. The normalized spacial score (nSPS) is 18.9. The molecule has 3 aliphatic rings. The van der Waals surface area contributed by atoms with E-state index in [2.05, 4.69) is 157 Å². The number of hydrogen-bond donors (Lipinski definition) is 1. The number of hydrogen-bond acceptors (Lipinski definition) is 4. The molecule has 7 aromatic carbocycles. The molecule has 3 atom stereocenters. The highest BCUT2D eigenvalue weighted by Crippen LogP contribution is 2.46. The molecule has 0 saturated heterocycles. The highest BCUT2D eigenvalue weighted by atomic mass is 16.3. The van der Waals surface area contributed by atoms with E-state index in [9.17, 15) is 0 Å². The van der Waals surface area contributed by atoms with Crippen LogP contribution in [0.25, 0.3) is 60.7 Å². The molecule has 1 N–H and O–H groups in total. The van der Waals surface area contributed by atoms with Gasteiger partial charge in [-0.05, 0) is 68.1 Å². The minimum atomic E-state index is -0.428. The van der Waals surface area contributed by atoms with Crippen LogP contribution in [0.5, 0.6) is 0 Å². The van der Waals surface area contributed by atoms with Gasteiger partial charge in [-0.15, -0.1) is 0 Å². The van der Waals surface area contributed by atoms with Gasteiger partial charge in [-0.2, -0.15) is 0 Å². The molecule has 1 aliphatic heterocycles. The van der Waals surface area contributed by atoms with Gasteiger partial charge in [0.1, 0.15) is 22.8 Å². The molecule has 2 heterocycles. The molecule has 4 nitrogen and oxygen atoms in total. The summed E-state index contributed by atoms with van der Waals surface area (Å²) in [7, 11) is 0. The molecular formula is C49H33N3O. The molecule has 8 aromatic rings. The number of allylic oxidation sites excluding steroid dienone is 5. The molecule has 0 amide bonds. The first-order chi connectivity index (χ1) is 26.3. The summed E-state index contributed by atoms with van der Waals surface area (Å²) >= 11 is 0. The summed E-state index contributed by atoms with van der Waals surface area (Å²) in [5, 5.41) is 10.6. The number of amidine groups is 2. The molecule has 0 fully saturated rings. The van der Waals surface area contributed by atoms with Gasteiger partial charge >= 0.3 is 0 Å². The molecule has 2 aliphatic carbocycles. The number of aliphatic imine (C=N–C) groups is 2. The van der Waals surface area contributed by atoms with Crippen molar-refractivity contribution in [2.75, 3.05) is 0 Å². The SMILES string of the molecule is C1=CC2C=Cc3c(ccc4cccc(-c5ccc(C6=NC(c7ccc8ccccc8c7)N=C(c7ccccc7)N6)c6c5oc5ccccc56)c34)C2C=C1. The summed E-state index contributed by atoms with van der Waals surface area (Å²) in [6.45, 7) is 0. The van der Waals surface area contributed by atoms with E-state index >= 15 is 0 Å². The maximum atomic E-state index is 6.87. The van der Waals surface area contributed by atoms with Crippen molar-refractivity contribution >= 4 is 61.2 Å². The fraction of sp³-hybridized carbons (Fsp3) is 0.0612. The van der Waals surface area contributed by atoms with Crippen LogP contribution in [0.2, 0.25) is 0 Å². The Morgan fingerprint density at radius 3 is 2.26 bits per heavy atom. The van der Waals surface area contributed by atoms with E-state index in [1.165, 1.54) is 32.7 Å². The van der Waals surface area contributed by atoms with E-state index in [1.54, 1.807) is 0 Å². The van der Waals surface area contributed by atoms with Crippen molar-refractivity contribution in [2.45, 2.75) is 12.1 Å². The lowest BCUT2D eigenvalue weighted by molar-refractivity contribution is 0.670. The number of nitrogens with one attached hydrogen (secondary N) is 1. The Hall–Kier alpha value is -6.78. The van der Waals surface area contributed by atoms with Gasteiger partial charge in [-0.25, -0.2) is 9.98 Å². The number of nitrogens with zero attached hydrogens (tertiary/aromatic N) is 2. The zero-order valence-electron chi connectivity index (χ0n) is 28.8. The van der Waals surface area contributed by atoms with Gasteiger partial charge in [0, 0.05) is 39.3 Å². The van der Waals surface area contributed by atoms with Gasteiger partial charge in [0.15, 0.2) is 6.17 Å². The molecule has 0 spiro atoms. The summed E-state index contributed by atoms with van der Waals surface area (Å²) in [6, 6.07) is 49.3. The standard InChI is InChI=1S/C49H33N3O/c1-2-13-33(14-3-1)47-50-48(35-22-21-30-11-4-5-15-34(30)29-35)52-49(51-47)42-28-27-40(46-45(42)41-18-8-9-20-43(41)53-46)38-19-10-16-32-24-25-37-36-17-7-6-12-31(36)23-26-39(37)44(32)38/h1-29,31,36,48H,(H,50,51,52). The lowest BCUT2D eigenvalue weighted by Crippen LogP contribution is -2.36. The molecule has 0 radical (unpaired) electrons. The predicted molar refractivity (Wildman–Crippen MR) is 220 cm³/mol. The third-order valence-corrected chi connectivity index (χ3v) is 11.1. The van der Waals surface area contributed by atoms with Crippen LogP contribution in [0.3, 0.4) is 0 Å². The third kappa shape index (κ3) is 4.83. The average molecular weight is 680 g/mol. The number of benzene rings is 7. The van der Waals surface area contributed by atoms with Gasteiger partial charge in [-0.3, -0.25) is 0 Å². The van der Waals surface area contributed by atoms with Gasteiger partial charge in [0.05, 0.1) is 0 Å². The van der Waals surface area contributed by atoms with Crippen LogP contribution in [0.4, 0.5) is 0 Å². The van der Waals surface area contributed by atoms with E-state index in [0.717, 1.165) is 61.4 Å². The van der Waals surface area contributed by atoms with Gasteiger partial charge < -0.3 is 9.73 Å². The zero-order valence-corrected chi connectivity index (χ0v) is 28.8. The minimum Gasteiger partial charge on any atom is -0.455 e. The average Bonchev–Trinajstić information content (AvgIpc) is 3.63. The van der Waals surface area contributed by atoms with Crippen LogP contribution in [0.1, 0.15) is 39.9 Å². The number of rotatable bonds is 4. The highest BCUT2D eigenvalue weighted by molar-refractivity contribution is 6.25. The molecule has 11 rings (SSSR count). The van der Waals surface area contributed by atoms with Gasteiger partial charge in [0.2, 0.25) is 0 Å². The van der Waals surface area contributed by atoms with Crippen LogP contribution < -0.4 is 5.32 Å². The number of para-hydroxylation sites is 1. The van der Waals surface area contributed by atoms with Gasteiger partial charge in [-0.1, -0.05) is 152 Å². The summed E-state index contributed by atoms with van der Waals surface area (Å²) < 4.78 is 6.87. The van der Waals surface area contributed by atoms with Crippen LogP contribution >= 0.6 is 0 Å². The van der Waals surface area contributed by atoms with Crippen LogP contribution in [0.15, 0.2) is 184 Å². The lowest BCUT2D eigenvalue weighted by Gasteiger charge is -2.28. The van der Waals surface area contributed by atoms with Crippen molar-refractivity contribution in [1.82, 2.24) is 5.32 Å². The highest BCUT2D eigenvalue weighted by Gasteiger charge is 2.28. The van der Waals surface area contributed by atoms with Crippen molar-refractivity contribution in [1.29, 1.82) is 0 Å². The second kappa shape index (κ2) is 11.9. The van der Waals surface area contributed by atoms with E-state index in [4.69, 9.17) is 14.4 Å². The number of fused-ring (bicyclic) bond motifs is 9. The maximum absolute atomic E-state index is 6.87. The van der Waals surface area contributed by atoms with Crippen molar-refractivity contribution < 1.29 is 4.42 Å². The fourth-order valence-electron chi connectivity index (χ4n) is 8.53. The molecule has 3 unspecified atom stereocenters. The van der Waals surface area contributed by atoms with E-state index in [-0.39, 0.29) is 0 Å². The predicted octanol–water partition coefficient (Wildman–Crippen LogP) is 11.9. The third-order valence-electron chi connectivity index (χ3n) is 11.1. The first kappa shape index (κ1) is 29.9. The minimum absolute atomic E-state index is 0.331. The second-order valence-corrected chi connectivity index (χ2v) is 14.1. The maximum Gasteiger partial charge on any atom is 0.169 e. The Labute approximate surface area is 306 Å². The van der Waals surface area contributed by atoms with Crippen LogP contribution in [-0.2, 0) is 0 Å². The second-order valence-electron chi connectivity index (χ2n) is 14.1. The van der Waals surface area contributed by atoms with Crippen LogP contribution in [-0.4, -0.2) is 11.7 Å². The monoisotopic (exact) mass is 679 g/mol. The molecule has 0 bridgehead atoms. The van der Waals surface area contributed by atoms with Crippen LogP contribution in [0, 0.1) is 5.92 Å². The molecule has 4 heteroatoms. The summed E-state index contributed by atoms with van der Waals surface area (Å²) in [5.41, 5.74) is 9.60. The molecule has 250 valence electrons. The van der Waals surface area contributed by atoms with Gasteiger partial charge in [0.25, 0.3) is 0 Å². The van der Waals surface area contributed by atoms with Crippen molar-refractivity contribution in [3.63, 3.8) is 0 Å². The lowest BCUT2D eigenvalue weighted by atomic mass is 9.75.